The van der Waals surface area contributed by atoms with Gasteiger partial charge in [-0.15, -0.1) is 0 Å². The van der Waals surface area contributed by atoms with Gasteiger partial charge in [-0.2, -0.15) is 5.10 Å². The molecule has 0 unspecified atom stereocenters. The molecule has 2 aromatic carbocycles. The number of aromatic amines is 1. The second-order valence-electron chi connectivity index (χ2n) is 6.13. The van der Waals surface area contributed by atoms with E-state index in [2.05, 4.69) is 20.5 Å². The predicted molar refractivity (Wildman–Crippen MR) is 102 cm³/mol. The summed E-state index contributed by atoms with van der Waals surface area (Å²) in [7, 11) is 3.20. The van der Waals surface area contributed by atoms with Crippen molar-refractivity contribution < 1.29 is 14.3 Å². The normalized spacial score (nSPS) is 11.7. The predicted octanol–water partition coefficient (Wildman–Crippen LogP) is 3.29. The zero-order chi connectivity index (χ0) is 19.4. The Morgan fingerprint density at radius 2 is 1.96 bits per heavy atom. The van der Waals surface area contributed by atoms with Gasteiger partial charge in [0, 0.05) is 16.7 Å². The fourth-order valence-electron chi connectivity index (χ4n) is 2.81. The van der Waals surface area contributed by atoms with Gasteiger partial charge < -0.3 is 14.8 Å². The van der Waals surface area contributed by atoms with E-state index < -0.39 is 0 Å². The molecular formula is C20H22N4O3. The topological polar surface area (TPSA) is 89.1 Å². The van der Waals surface area contributed by atoms with Crippen molar-refractivity contribution in [3.63, 3.8) is 0 Å². The molecule has 0 aliphatic carbocycles. The molecule has 0 aliphatic heterocycles. The molecule has 2 N–H and O–H groups in total. The van der Waals surface area contributed by atoms with E-state index in [0.29, 0.717) is 22.9 Å². The van der Waals surface area contributed by atoms with E-state index >= 15 is 0 Å². The summed E-state index contributed by atoms with van der Waals surface area (Å²) < 4.78 is 10.7. The average Bonchev–Trinajstić information content (AvgIpc) is 3.13. The third-order valence-corrected chi connectivity index (χ3v) is 4.23. The van der Waals surface area contributed by atoms with E-state index in [1.165, 1.54) is 0 Å². The Balaban J connectivity index is 1.81. The number of methoxy groups -OCH3 is 2. The largest absolute Gasteiger partial charge is 0.497 e. The molecule has 7 heteroatoms. The molecule has 1 amide bonds. The summed E-state index contributed by atoms with van der Waals surface area (Å²) in [5.74, 6) is 2.48. The van der Waals surface area contributed by atoms with E-state index in [-0.39, 0.29) is 11.9 Å². The van der Waals surface area contributed by atoms with Crippen molar-refractivity contribution in [2.75, 3.05) is 14.2 Å². The van der Waals surface area contributed by atoms with E-state index in [1.54, 1.807) is 26.4 Å². The summed E-state index contributed by atoms with van der Waals surface area (Å²) in [5.41, 5.74) is 2.15. The molecule has 0 spiro atoms. The molecule has 3 rings (SSSR count). The van der Waals surface area contributed by atoms with Crippen LogP contribution in [0.25, 0.3) is 11.4 Å². The third kappa shape index (κ3) is 4.08. The zero-order valence-corrected chi connectivity index (χ0v) is 15.7. The van der Waals surface area contributed by atoms with Gasteiger partial charge >= 0.3 is 0 Å². The summed E-state index contributed by atoms with van der Waals surface area (Å²) in [4.78, 5) is 17.0. The van der Waals surface area contributed by atoms with Gasteiger partial charge in [-0.3, -0.25) is 9.89 Å². The smallest absolute Gasteiger partial charge is 0.251 e. The maximum Gasteiger partial charge on any atom is 0.251 e. The second kappa shape index (κ2) is 7.90. The minimum atomic E-state index is -0.267. The lowest BCUT2D eigenvalue weighted by Gasteiger charge is -2.18. The minimum absolute atomic E-state index is 0.193. The molecule has 7 nitrogen and oxygen atoms in total. The molecule has 0 saturated carbocycles. The molecule has 0 fully saturated rings. The molecule has 1 heterocycles. The van der Waals surface area contributed by atoms with Crippen LogP contribution in [0.5, 0.6) is 11.5 Å². The van der Waals surface area contributed by atoms with Crippen LogP contribution in [0.3, 0.4) is 0 Å². The summed E-state index contributed by atoms with van der Waals surface area (Å²) in [6.45, 7) is 3.73. The van der Waals surface area contributed by atoms with Crippen LogP contribution in [0.15, 0.2) is 42.5 Å². The SMILES string of the molecule is COc1ccc(OC)c([C@@H](C)NC(=O)c2cccc(-c3n[nH]c(C)n3)c2)c1. The number of carbonyl (C=O) groups is 1. The number of aryl methyl sites for hydroxylation is 1. The molecule has 1 aromatic heterocycles. The molecule has 0 bridgehead atoms. The number of carbonyl (C=O) groups excluding carboxylic acids is 1. The summed E-state index contributed by atoms with van der Waals surface area (Å²) in [6.07, 6.45) is 0. The highest BCUT2D eigenvalue weighted by molar-refractivity contribution is 5.95. The number of H-pyrrole nitrogens is 1. The number of ether oxygens (including phenoxy) is 2. The second-order valence-corrected chi connectivity index (χ2v) is 6.13. The lowest BCUT2D eigenvalue weighted by Crippen LogP contribution is -2.27. The lowest BCUT2D eigenvalue weighted by molar-refractivity contribution is 0.0939. The van der Waals surface area contributed by atoms with Gasteiger partial charge in [-0.05, 0) is 44.2 Å². The van der Waals surface area contributed by atoms with E-state index in [1.807, 2.05) is 44.2 Å². The van der Waals surface area contributed by atoms with Gasteiger partial charge in [-0.25, -0.2) is 4.98 Å². The zero-order valence-electron chi connectivity index (χ0n) is 15.7. The van der Waals surface area contributed by atoms with Crippen LogP contribution >= 0.6 is 0 Å². The first-order valence-corrected chi connectivity index (χ1v) is 8.54. The van der Waals surface area contributed by atoms with Crippen molar-refractivity contribution in [1.82, 2.24) is 20.5 Å². The van der Waals surface area contributed by atoms with Gasteiger partial charge in [0.15, 0.2) is 5.82 Å². The first-order chi connectivity index (χ1) is 13.0. The van der Waals surface area contributed by atoms with Gasteiger partial charge in [0.05, 0.1) is 20.3 Å². The number of nitrogens with one attached hydrogen (secondary N) is 2. The highest BCUT2D eigenvalue weighted by Gasteiger charge is 2.17. The Morgan fingerprint density at radius 1 is 1.15 bits per heavy atom. The third-order valence-electron chi connectivity index (χ3n) is 4.23. The number of amides is 1. The number of benzene rings is 2. The fraction of sp³-hybridized carbons (Fsp3) is 0.250. The van der Waals surface area contributed by atoms with Crippen molar-refractivity contribution in [1.29, 1.82) is 0 Å². The van der Waals surface area contributed by atoms with Crippen molar-refractivity contribution in [3.05, 3.63) is 59.4 Å². The Bertz CT molecular complexity index is 952. The number of nitrogens with zero attached hydrogens (tertiary/aromatic N) is 2. The minimum Gasteiger partial charge on any atom is -0.497 e. The van der Waals surface area contributed by atoms with Crippen LogP contribution in [0.1, 0.15) is 34.7 Å². The van der Waals surface area contributed by atoms with Gasteiger partial charge in [-0.1, -0.05) is 12.1 Å². The highest BCUT2D eigenvalue weighted by Crippen LogP contribution is 2.29. The molecular weight excluding hydrogens is 344 g/mol. The Kier molecular flexibility index (Phi) is 5.40. The lowest BCUT2D eigenvalue weighted by atomic mass is 10.1. The van der Waals surface area contributed by atoms with Crippen LogP contribution in [0, 0.1) is 6.92 Å². The molecule has 0 aliphatic rings. The van der Waals surface area contributed by atoms with Crippen molar-refractivity contribution >= 4 is 5.91 Å². The summed E-state index contributed by atoms with van der Waals surface area (Å²) in [5, 5.41) is 9.94. The fourth-order valence-corrected chi connectivity index (χ4v) is 2.81. The van der Waals surface area contributed by atoms with Crippen molar-refractivity contribution in [3.8, 4) is 22.9 Å². The Labute approximate surface area is 157 Å². The first kappa shape index (κ1) is 18.4. The van der Waals surface area contributed by atoms with Crippen LogP contribution in [-0.2, 0) is 0 Å². The van der Waals surface area contributed by atoms with E-state index in [4.69, 9.17) is 9.47 Å². The van der Waals surface area contributed by atoms with Crippen molar-refractivity contribution in [2.45, 2.75) is 19.9 Å². The average molecular weight is 366 g/mol. The number of hydrogen-bond donors (Lipinski definition) is 2. The number of aromatic nitrogens is 3. The number of hydrogen-bond acceptors (Lipinski definition) is 5. The molecule has 27 heavy (non-hydrogen) atoms. The monoisotopic (exact) mass is 366 g/mol. The number of rotatable bonds is 6. The molecule has 0 radical (unpaired) electrons. The van der Waals surface area contributed by atoms with Crippen LogP contribution in [-0.4, -0.2) is 35.3 Å². The standard InChI is InChI=1S/C20H22N4O3/c1-12(17-11-16(26-3)8-9-18(17)27-4)21-20(25)15-7-5-6-14(10-15)19-22-13(2)23-24-19/h5-12H,1-4H3,(H,21,25)(H,22,23,24)/t12-/m1/s1. The molecule has 1 atom stereocenters. The Hall–Kier alpha value is -3.35. The van der Waals surface area contributed by atoms with Gasteiger partial charge in [0.2, 0.25) is 0 Å². The van der Waals surface area contributed by atoms with Gasteiger partial charge in [0.1, 0.15) is 17.3 Å². The Morgan fingerprint density at radius 3 is 2.63 bits per heavy atom. The molecule has 3 aromatic rings. The maximum atomic E-state index is 12.7. The summed E-state index contributed by atoms with van der Waals surface area (Å²) >= 11 is 0. The first-order valence-electron chi connectivity index (χ1n) is 8.54. The van der Waals surface area contributed by atoms with Crippen LogP contribution in [0.4, 0.5) is 0 Å². The maximum absolute atomic E-state index is 12.7. The van der Waals surface area contributed by atoms with Crippen LogP contribution < -0.4 is 14.8 Å². The quantitative estimate of drug-likeness (QED) is 0.699. The highest BCUT2D eigenvalue weighted by atomic mass is 16.5. The molecule has 140 valence electrons. The van der Waals surface area contributed by atoms with E-state index in [9.17, 15) is 4.79 Å². The van der Waals surface area contributed by atoms with Gasteiger partial charge in [0.25, 0.3) is 5.91 Å². The van der Waals surface area contributed by atoms with Crippen molar-refractivity contribution in [2.24, 2.45) is 0 Å². The summed E-state index contributed by atoms with van der Waals surface area (Å²) in [6, 6.07) is 12.4. The van der Waals surface area contributed by atoms with Crippen LogP contribution in [0.2, 0.25) is 0 Å². The van der Waals surface area contributed by atoms with E-state index in [0.717, 1.165) is 17.0 Å². The molecule has 0 saturated heterocycles.